The number of rotatable bonds is 4. The molecule has 4 aromatic heterocycles. The summed E-state index contributed by atoms with van der Waals surface area (Å²) >= 11 is 1.85. The van der Waals surface area contributed by atoms with E-state index in [0.29, 0.717) is 17.6 Å². The van der Waals surface area contributed by atoms with Crippen LogP contribution in [0.5, 0.6) is 0 Å². The number of para-hydroxylation sites is 2. The highest BCUT2D eigenvalue weighted by Crippen LogP contribution is 2.45. The molecule has 0 N–H and O–H groups in total. The van der Waals surface area contributed by atoms with Gasteiger partial charge in [-0.3, -0.25) is 4.57 Å². The van der Waals surface area contributed by atoms with Crippen LogP contribution in [0.1, 0.15) is 0 Å². The molecule has 0 atom stereocenters. The Hall–Kier alpha value is -6.63. The minimum atomic E-state index is 0.588. The van der Waals surface area contributed by atoms with E-state index in [1.54, 1.807) is 0 Å². The fourth-order valence-electron chi connectivity index (χ4n) is 7.71. The standard InChI is InChI=1S/C45H27N5S/c1-4-14-28(15-5-1)43-46-44(29-16-6-2-7-17-29)48-45(47-43)50-37-25-24-33-32-21-11-13-23-40(32)51-42(33)41(37)35-26-34-31-20-10-12-22-36(31)49(38(34)27-39(35)50)30-18-8-3-9-19-30/h1-27H. The van der Waals surface area contributed by atoms with Gasteiger partial charge in [0.15, 0.2) is 11.6 Å². The van der Waals surface area contributed by atoms with Gasteiger partial charge in [0, 0.05) is 58.5 Å². The van der Waals surface area contributed by atoms with Crippen molar-refractivity contribution in [3.8, 4) is 34.4 Å². The van der Waals surface area contributed by atoms with Crippen LogP contribution in [0.2, 0.25) is 0 Å². The zero-order valence-electron chi connectivity index (χ0n) is 27.2. The highest BCUT2D eigenvalue weighted by Gasteiger charge is 2.23. The second-order valence-electron chi connectivity index (χ2n) is 12.9. The lowest BCUT2D eigenvalue weighted by atomic mass is 10.1. The van der Waals surface area contributed by atoms with Crippen LogP contribution in [-0.2, 0) is 0 Å². The average molecular weight is 670 g/mol. The lowest BCUT2D eigenvalue weighted by molar-refractivity contribution is 0.954. The van der Waals surface area contributed by atoms with Crippen molar-refractivity contribution in [2.45, 2.75) is 0 Å². The van der Waals surface area contributed by atoms with Gasteiger partial charge in [-0.25, -0.2) is 4.98 Å². The normalized spacial score (nSPS) is 11.9. The summed E-state index contributed by atoms with van der Waals surface area (Å²) in [6.07, 6.45) is 0. The molecule has 0 aliphatic carbocycles. The Bertz CT molecular complexity index is 3060. The van der Waals surface area contributed by atoms with E-state index in [-0.39, 0.29) is 0 Å². The molecule has 51 heavy (non-hydrogen) atoms. The van der Waals surface area contributed by atoms with Crippen molar-refractivity contribution < 1.29 is 0 Å². The average Bonchev–Trinajstić information content (AvgIpc) is 3.85. The van der Waals surface area contributed by atoms with Crippen LogP contribution >= 0.6 is 11.3 Å². The Kier molecular flexibility index (Phi) is 6.05. The van der Waals surface area contributed by atoms with Crippen LogP contribution in [0.15, 0.2) is 164 Å². The van der Waals surface area contributed by atoms with Gasteiger partial charge in [0.05, 0.1) is 22.1 Å². The van der Waals surface area contributed by atoms with Crippen LogP contribution in [0, 0.1) is 0 Å². The fraction of sp³-hybridized carbons (Fsp3) is 0. The summed E-state index contributed by atoms with van der Waals surface area (Å²) in [5.74, 6) is 1.86. The Labute approximate surface area is 296 Å². The minimum absolute atomic E-state index is 0.588. The van der Waals surface area contributed by atoms with Gasteiger partial charge in [-0.2, -0.15) is 9.97 Å². The zero-order chi connectivity index (χ0) is 33.5. The van der Waals surface area contributed by atoms with Crippen molar-refractivity contribution in [2.75, 3.05) is 0 Å². The van der Waals surface area contributed by atoms with E-state index < -0.39 is 0 Å². The molecule has 0 saturated heterocycles. The summed E-state index contributed by atoms with van der Waals surface area (Å²) < 4.78 is 7.17. The van der Waals surface area contributed by atoms with Crippen molar-refractivity contribution >= 4 is 75.1 Å². The number of nitrogens with zero attached hydrogens (tertiary/aromatic N) is 5. The Morgan fingerprint density at radius 1 is 0.392 bits per heavy atom. The van der Waals surface area contributed by atoms with Crippen molar-refractivity contribution in [2.24, 2.45) is 0 Å². The molecule has 238 valence electrons. The third kappa shape index (κ3) is 4.24. The molecule has 4 heterocycles. The summed E-state index contributed by atoms with van der Waals surface area (Å²) in [5.41, 5.74) is 7.42. The van der Waals surface area contributed by atoms with Crippen LogP contribution in [0.3, 0.4) is 0 Å². The predicted octanol–water partition coefficient (Wildman–Crippen LogP) is 11.8. The molecular weight excluding hydrogens is 643 g/mol. The molecule has 0 saturated carbocycles. The smallest absolute Gasteiger partial charge is 0.238 e. The minimum Gasteiger partial charge on any atom is -0.309 e. The molecule has 6 heteroatoms. The van der Waals surface area contributed by atoms with Crippen molar-refractivity contribution in [1.29, 1.82) is 0 Å². The molecule has 0 aliphatic rings. The number of fused-ring (bicyclic) bond motifs is 10. The van der Waals surface area contributed by atoms with E-state index in [2.05, 4.69) is 137 Å². The quantitative estimate of drug-likeness (QED) is 0.187. The zero-order valence-corrected chi connectivity index (χ0v) is 28.0. The summed E-state index contributed by atoms with van der Waals surface area (Å²) in [4.78, 5) is 15.5. The van der Waals surface area contributed by atoms with E-state index in [1.165, 1.54) is 47.2 Å². The molecule has 11 aromatic rings. The molecule has 0 amide bonds. The molecule has 0 unspecified atom stereocenters. The molecule has 11 rings (SSSR count). The molecule has 0 radical (unpaired) electrons. The van der Waals surface area contributed by atoms with Gasteiger partial charge in [0.1, 0.15) is 0 Å². The maximum absolute atomic E-state index is 5.24. The van der Waals surface area contributed by atoms with Gasteiger partial charge in [-0.05, 0) is 42.5 Å². The second-order valence-corrected chi connectivity index (χ2v) is 13.9. The number of aromatic nitrogens is 5. The van der Waals surface area contributed by atoms with Crippen LogP contribution in [-0.4, -0.2) is 24.1 Å². The van der Waals surface area contributed by atoms with Crippen molar-refractivity contribution in [1.82, 2.24) is 24.1 Å². The Morgan fingerprint density at radius 3 is 1.73 bits per heavy atom. The SMILES string of the molecule is c1ccc(-c2nc(-c3ccccc3)nc(-n3c4cc5c(cc4c4c6sc7ccccc7c6ccc43)c3ccccc3n5-c3ccccc3)n2)cc1. The van der Waals surface area contributed by atoms with Gasteiger partial charge in [-0.15, -0.1) is 11.3 Å². The van der Waals surface area contributed by atoms with Gasteiger partial charge in [0.25, 0.3) is 0 Å². The summed E-state index contributed by atoms with van der Waals surface area (Å²) in [6.45, 7) is 0. The second kappa shape index (κ2) is 10.9. The lowest BCUT2D eigenvalue weighted by Gasteiger charge is -2.11. The first kappa shape index (κ1) is 28.2. The van der Waals surface area contributed by atoms with E-state index in [9.17, 15) is 0 Å². The Balaban J connectivity index is 1.33. The van der Waals surface area contributed by atoms with Crippen LogP contribution < -0.4 is 0 Å². The fourth-order valence-corrected chi connectivity index (χ4v) is 8.97. The first-order chi connectivity index (χ1) is 25.3. The van der Waals surface area contributed by atoms with Crippen LogP contribution in [0.4, 0.5) is 0 Å². The molecule has 0 spiro atoms. The first-order valence-corrected chi connectivity index (χ1v) is 17.9. The highest BCUT2D eigenvalue weighted by atomic mass is 32.1. The Morgan fingerprint density at radius 2 is 1.00 bits per heavy atom. The maximum atomic E-state index is 5.24. The molecule has 0 fully saturated rings. The monoisotopic (exact) mass is 669 g/mol. The van der Waals surface area contributed by atoms with Gasteiger partial charge in [-0.1, -0.05) is 121 Å². The molecular formula is C45H27N5S. The van der Waals surface area contributed by atoms with E-state index >= 15 is 0 Å². The van der Waals surface area contributed by atoms with Gasteiger partial charge >= 0.3 is 0 Å². The van der Waals surface area contributed by atoms with Crippen molar-refractivity contribution in [3.63, 3.8) is 0 Å². The molecule has 7 aromatic carbocycles. The maximum Gasteiger partial charge on any atom is 0.238 e. The lowest BCUT2D eigenvalue weighted by Crippen LogP contribution is -2.06. The number of thiophene rings is 1. The summed E-state index contributed by atoms with van der Waals surface area (Å²) in [5, 5.41) is 7.36. The molecule has 0 bridgehead atoms. The third-order valence-electron chi connectivity index (χ3n) is 9.97. The number of hydrogen-bond acceptors (Lipinski definition) is 4. The topological polar surface area (TPSA) is 48.5 Å². The number of benzene rings is 7. The predicted molar refractivity (Wildman–Crippen MR) is 212 cm³/mol. The van der Waals surface area contributed by atoms with E-state index in [1.807, 2.05) is 47.7 Å². The first-order valence-electron chi connectivity index (χ1n) is 17.0. The highest BCUT2D eigenvalue weighted by molar-refractivity contribution is 7.26. The van der Waals surface area contributed by atoms with Crippen LogP contribution in [0.25, 0.3) is 98.2 Å². The summed E-state index contributed by atoms with van der Waals surface area (Å²) in [6, 6.07) is 57.7. The van der Waals surface area contributed by atoms with Gasteiger partial charge in [0.2, 0.25) is 5.95 Å². The third-order valence-corrected chi connectivity index (χ3v) is 11.2. The number of hydrogen-bond donors (Lipinski definition) is 0. The van der Waals surface area contributed by atoms with Crippen molar-refractivity contribution in [3.05, 3.63) is 164 Å². The molecule has 0 aliphatic heterocycles. The van der Waals surface area contributed by atoms with E-state index in [0.717, 1.165) is 33.4 Å². The largest absolute Gasteiger partial charge is 0.309 e. The van der Waals surface area contributed by atoms with E-state index in [4.69, 9.17) is 15.0 Å². The molecule has 5 nitrogen and oxygen atoms in total. The van der Waals surface area contributed by atoms with Gasteiger partial charge < -0.3 is 4.57 Å². The summed E-state index contributed by atoms with van der Waals surface area (Å²) in [7, 11) is 0.